The van der Waals surface area contributed by atoms with Crippen LogP contribution in [0.3, 0.4) is 0 Å². The highest BCUT2D eigenvalue weighted by atomic mass is 35.5. The Labute approximate surface area is 161 Å². The highest BCUT2D eigenvalue weighted by Crippen LogP contribution is 2.21. The molecule has 26 heavy (non-hydrogen) atoms. The van der Waals surface area contributed by atoms with Crippen molar-refractivity contribution in [3.8, 4) is 5.75 Å². The SMILES string of the molecule is COc1ccc(CCC(=O)OC2CCCN(c3ccccc3)C2)cc1.Cl. The molecule has 0 bridgehead atoms. The third-order valence-electron chi connectivity index (χ3n) is 4.57. The highest BCUT2D eigenvalue weighted by molar-refractivity contribution is 5.85. The van der Waals surface area contributed by atoms with E-state index in [4.69, 9.17) is 9.47 Å². The minimum atomic E-state index is -0.115. The Morgan fingerprint density at radius 2 is 1.85 bits per heavy atom. The van der Waals surface area contributed by atoms with Crippen molar-refractivity contribution < 1.29 is 14.3 Å². The van der Waals surface area contributed by atoms with Crippen molar-refractivity contribution in [1.29, 1.82) is 0 Å². The fourth-order valence-corrected chi connectivity index (χ4v) is 3.19. The number of rotatable bonds is 6. The smallest absolute Gasteiger partial charge is 0.306 e. The topological polar surface area (TPSA) is 38.8 Å². The molecule has 3 rings (SSSR count). The standard InChI is InChI=1S/C21H25NO3.ClH/c1-24-19-12-9-17(10-13-19)11-14-21(23)25-20-8-5-15-22(16-20)18-6-3-2-4-7-18;/h2-4,6-7,9-10,12-13,20H,5,8,11,14-16H2,1H3;1H. The summed E-state index contributed by atoms with van der Waals surface area (Å²) in [4.78, 5) is 14.5. The number of hydrogen-bond acceptors (Lipinski definition) is 4. The summed E-state index contributed by atoms with van der Waals surface area (Å²) in [5.41, 5.74) is 2.31. The first-order valence-electron chi connectivity index (χ1n) is 8.87. The van der Waals surface area contributed by atoms with Crippen LogP contribution in [0.25, 0.3) is 0 Å². The molecule has 1 fully saturated rings. The molecule has 2 aromatic rings. The Balaban J connectivity index is 0.00000243. The van der Waals surface area contributed by atoms with E-state index in [-0.39, 0.29) is 24.5 Å². The van der Waals surface area contributed by atoms with Crippen molar-refractivity contribution in [2.45, 2.75) is 31.8 Å². The second kappa shape index (κ2) is 10.1. The maximum Gasteiger partial charge on any atom is 0.306 e. The van der Waals surface area contributed by atoms with Crippen LogP contribution in [0, 0.1) is 0 Å². The average Bonchev–Trinajstić information content (AvgIpc) is 2.68. The van der Waals surface area contributed by atoms with Crippen molar-refractivity contribution in [2.24, 2.45) is 0 Å². The van der Waals surface area contributed by atoms with Gasteiger partial charge >= 0.3 is 5.97 Å². The van der Waals surface area contributed by atoms with Crippen molar-refractivity contribution in [1.82, 2.24) is 0 Å². The van der Waals surface area contributed by atoms with Crippen LogP contribution < -0.4 is 9.64 Å². The van der Waals surface area contributed by atoms with Crippen LogP contribution in [-0.2, 0) is 16.0 Å². The van der Waals surface area contributed by atoms with Gasteiger partial charge in [-0.1, -0.05) is 30.3 Å². The van der Waals surface area contributed by atoms with Gasteiger partial charge in [0.15, 0.2) is 0 Å². The molecule has 0 aliphatic carbocycles. The van der Waals surface area contributed by atoms with Gasteiger partial charge in [0.05, 0.1) is 13.7 Å². The number of carbonyl (C=O) groups is 1. The molecule has 0 N–H and O–H groups in total. The zero-order chi connectivity index (χ0) is 17.5. The molecule has 0 radical (unpaired) electrons. The number of hydrogen-bond donors (Lipinski definition) is 0. The van der Waals surface area contributed by atoms with Gasteiger partial charge < -0.3 is 14.4 Å². The third-order valence-corrected chi connectivity index (χ3v) is 4.57. The van der Waals surface area contributed by atoms with Crippen molar-refractivity contribution in [2.75, 3.05) is 25.1 Å². The monoisotopic (exact) mass is 375 g/mol. The molecule has 140 valence electrons. The molecule has 1 saturated heterocycles. The van der Waals surface area contributed by atoms with Crippen molar-refractivity contribution >= 4 is 24.1 Å². The molecule has 5 heteroatoms. The van der Waals surface area contributed by atoms with Gasteiger partial charge in [-0.05, 0) is 49.1 Å². The summed E-state index contributed by atoms with van der Waals surface area (Å²) in [5.74, 6) is 0.713. The highest BCUT2D eigenvalue weighted by Gasteiger charge is 2.23. The van der Waals surface area contributed by atoms with Gasteiger partial charge in [0.2, 0.25) is 0 Å². The fraction of sp³-hybridized carbons (Fsp3) is 0.381. The van der Waals surface area contributed by atoms with E-state index in [1.807, 2.05) is 42.5 Å². The summed E-state index contributed by atoms with van der Waals surface area (Å²) in [5, 5.41) is 0. The van der Waals surface area contributed by atoms with Crippen LogP contribution in [0.1, 0.15) is 24.8 Å². The average molecular weight is 376 g/mol. The molecule has 0 spiro atoms. The predicted molar refractivity (Wildman–Crippen MR) is 106 cm³/mol. The maximum absolute atomic E-state index is 12.2. The van der Waals surface area contributed by atoms with E-state index in [9.17, 15) is 4.79 Å². The number of halogens is 1. The molecule has 1 atom stereocenters. The molecule has 1 aliphatic heterocycles. The van der Waals surface area contributed by atoms with Crippen LogP contribution in [0.2, 0.25) is 0 Å². The molecule has 2 aromatic carbocycles. The summed E-state index contributed by atoms with van der Waals surface area (Å²) in [7, 11) is 1.65. The summed E-state index contributed by atoms with van der Waals surface area (Å²) in [6.07, 6.45) is 3.08. The number of piperidine rings is 1. The van der Waals surface area contributed by atoms with Gasteiger partial charge in [-0.3, -0.25) is 4.79 Å². The number of nitrogens with zero attached hydrogens (tertiary/aromatic N) is 1. The van der Waals surface area contributed by atoms with Crippen LogP contribution >= 0.6 is 12.4 Å². The van der Waals surface area contributed by atoms with Crippen LogP contribution in [-0.4, -0.2) is 32.3 Å². The van der Waals surface area contributed by atoms with Gasteiger partial charge in [0, 0.05) is 18.7 Å². The number of benzene rings is 2. The van der Waals surface area contributed by atoms with Gasteiger partial charge in [-0.2, -0.15) is 0 Å². The van der Waals surface area contributed by atoms with Crippen LogP contribution in [0.5, 0.6) is 5.75 Å². The van der Waals surface area contributed by atoms with Gasteiger partial charge in [-0.15, -0.1) is 12.4 Å². The maximum atomic E-state index is 12.2. The molecular weight excluding hydrogens is 350 g/mol. The summed E-state index contributed by atoms with van der Waals surface area (Å²) >= 11 is 0. The zero-order valence-corrected chi connectivity index (χ0v) is 15.9. The second-order valence-corrected chi connectivity index (χ2v) is 6.38. The molecule has 0 saturated carbocycles. The van der Waals surface area contributed by atoms with Gasteiger partial charge in [0.1, 0.15) is 11.9 Å². The predicted octanol–water partition coefficient (Wildman–Crippen LogP) is 4.26. The Morgan fingerprint density at radius 3 is 2.54 bits per heavy atom. The number of anilines is 1. The number of carbonyl (C=O) groups excluding carboxylic acids is 1. The lowest BCUT2D eigenvalue weighted by Gasteiger charge is -2.34. The Bertz CT molecular complexity index is 675. The van der Waals surface area contributed by atoms with E-state index in [2.05, 4.69) is 17.0 Å². The van der Waals surface area contributed by atoms with E-state index >= 15 is 0 Å². The summed E-state index contributed by atoms with van der Waals surface area (Å²) in [6.45, 7) is 1.79. The first-order valence-corrected chi connectivity index (χ1v) is 8.87. The zero-order valence-electron chi connectivity index (χ0n) is 15.1. The molecule has 0 aromatic heterocycles. The normalized spacial score (nSPS) is 16.5. The van der Waals surface area contributed by atoms with Gasteiger partial charge in [0.25, 0.3) is 0 Å². The first kappa shape index (κ1) is 20.1. The number of ether oxygens (including phenoxy) is 2. The van der Waals surface area contributed by atoms with Crippen LogP contribution in [0.4, 0.5) is 5.69 Å². The van der Waals surface area contributed by atoms with Crippen LogP contribution in [0.15, 0.2) is 54.6 Å². The molecule has 0 amide bonds. The van der Waals surface area contributed by atoms with E-state index in [1.165, 1.54) is 5.69 Å². The Kier molecular flexibility index (Phi) is 7.79. The quantitative estimate of drug-likeness (QED) is 0.707. The first-order chi connectivity index (χ1) is 12.2. The molecular formula is C21H26ClNO3. The molecule has 4 nitrogen and oxygen atoms in total. The largest absolute Gasteiger partial charge is 0.497 e. The minimum Gasteiger partial charge on any atom is -0.497 e. The number of methoxy groups -OCH3 is 1. The lowest BCUT2D eigenvalue weighted by molar-refractivity contribution is -0.149. The van der Waals surface area contributed by atoms with Crippen molar-refractivity contribution in [3.63, 3.8) is 0 Å². The second-order valence-electron chi connectivity index (χ2n) is 6.38. The number of aryl methyl sites for hydroxylation is 1. The Hall–Kier alpha value is -2.20. The molecule has 1 aliphatic rings. The summed E-state index contributed by atoms with van der Waals surface area (Å²) < 4.78 is 10.8. The lowest BCUT2D eigenvalue weighted by Crippen LogP contribution is -2.40. The third kappa shape index (κ3) is 5.67. The van der Waals surface area contributed by atoms with E-state index in [1.54, 1.807) is 7.11 Å². The minimum absolute atomic E-state index is 0. The van der Waals surface area contributed by atoms with Crippen molar-refractivity contribution in [3.05, 3.63) is 60.2 Å². The van der Waals surface area contributed by atoms with Gasteiger partial charge in [-0.25, -0.2) is 0 Å². The molecule has 1 heterocycles. The lowest BCUT2D eigenvalue weighted by atomic mass is 10.1. The summed E-state index contributed by atoms with van der Waals surface area (Å²) in [6, 6.07) is 18.1. The Morgan fingerprint density at radius 1 is 1.12 bits per heavy atom. The fourth-order valence-electron chi connectivity index (χ4n) is 3.19. The van der Waals surface area contributed by atoms with E-state index in [0.717, 1.165) is 37.2 Å². The number of esters is 1. The van der Waals surface area contributed by atoms with E-state index < -0.39 is 0 Å². The van der Waals surface area contributed by atoms with E-state index in [0.29, 0.717) is 12.8 Å². The number of para-hydroxylation sites is 1. The molecule has 1 unspecified atom stereocenters.